The van der Waals surface area contributed by atoms with E-state index >= 15 is 0 Å². The van der Waals surface area contributed by atoms with Gasteiger partial charge in [0.15, 0.2) is 0 Å². The van der Waals surface area contributed by atoms with E-state index in [0.29, 0.717) is 6.10 Å². The van der Waals surface area contributed by atoms with Crippen LogP contribution < -0.4 is 4.90 Å². The lowest BCUT2D eigenvalue weighted by Crippen LogP contribution is -2.51. The second-order valence-corrected chi connectivity index (χ2v) is 3.60. The number of benzene rings is 1. The minimum Gasteiger partial charge on any atom is -0.378 e. The van der Waals surface area contributed by atoms with Crippen LogP contribution in [0.25, 0.3) is 0 Å². The van der Waals surface area contributed by atoms with Crippen molar-refractivity contribution in [1.29, 1.82) is 0 Å². The Bertz CT molecular complexity index is 275. The average Bonchev–Trinajstić information content (AvgIpc) is 2.06. The van der Waals surface area contributed by atoms with Crippen LogP contribution in [-0.2, 0) is 4.74 Å². The van der Waals surface area contributed by atoms with E-state index in [9.17, 15) is 0 Å². The Labute approximate surface area is 79.1 Å². The predicted octanol–water partition coefficient (Wildman–Crippen LogP) is 1.83. The minimum atomic E-state index is 0.432. The lowest BCUT2D eigenvalue weighted by Gasteiger charge is -2.40. The van der Waals surface area contributed by atoms with Gasteiger partial charge in [-0.1, -0.05) is 17.7 Å². The molecular formula is C11H15NO. The first kappa shape index (κ1) is 8.57. The predicted molar refractivity (Wildman–Crippen MR) is 54.2 cm³/mol. The quantitative estimate of drug-likeness (QED) is 0.683. The fourth-order valence-electron chi connectivity index (χ4n) is 1.55. The minimum absolute atomic E-state index is 0.432. The number of rotatable bonds is 2. The molecule has 1 saturated heterocycles. The fraction of sp³-hybridized carbons (Fsp3) is 0.455. The van der Waals surface area contributed by atoms with Crippen LogP contribution in [0.4, 0.5) is 5.69 Å². The number of hydrogen-bond donors (Lipinski definition) is 0. The molecule has 0 aliphatic carbocycles. The van der Waals surface area contributed by atoms with Crippen molar-refractivity contribution in [3.8, 4) is 0 Å². The first-order valence-electron chi connectivity index (χ1n) is 4.64. The second-order valence-electron chi connectivity index (χ2n) is 3.60. The van der Waals surface area contributed by atoms with Gasteiger partial charge in [0.1, 0.15) is 0 Å². The summed E-state index contributed by atoms with van der Waals surface area (Å²) < 4.78 is 5.22. The Hall–Kier alpha value is -1.02. The zero-order valence-electron chi connectivity index (χ0n) is 8.16. The molecule has 0 saturated carbocycles. The highest BCUT2D eigenvalue weighted by molar-refractivity contribution is 5.50. The van der Waals surface area contributed by atoms with Gasteiger partial charge in [0.05, 0.1) is 6.10 Å². The van der Waals surface area contributed by atoms with Gasteiger partial charge in [-0.2, -0.15) is 0 Å². The summed E-state index contributed by atoms with van der Waals surface area (Å²) >= 11 is 0. The fourth-order valence-corrected chi connectivity index (χ4v) is 1.55. The van der Waals surface area contributed by atoms with Gasteiger partial charge >= 0.3 is 0 Å². The van der Waals surface area contributed by atoms with Gasteiger partial charge in [-0.15, -0.1) is 0 Å². The summed E-state index contributed by atoms with van der Waals surface area (Å²) in [6.07, 6.45) is 0.432. The molecule has 0 atom stereocenters. The van der Waals surface area contributed by atoms with Crippen molar-refractivity contribution in [2.24, 2.45) is 0 Å². The molecule has 1 aliphatic rings. The topological polar surface area (TPSA) is 12.5 Å². The molecule has 1 aromatic rings. The molecule has 0 amide bonds. The molecule has 0 N–H and O–H groups in total. The maximum atomic E-state index is 5.22. The van der Waals surface area contributed by atoms with Gasteiger partial charge in [0.25, 0.3) is 0 Å². The Morgan fingerprint density at radius 3 is 2.38 bits per heavy atom. The van der Waals surface area contributed by atoms with Gasteiger partial charge in [-0.05, 0) is 19.1 Å². The second kappa shape index (κ2) is 3.38. The molecule has 0 unspecified atom stereocenters. The molecule has 1 aliphatic heterocycles. The Balaban J connectivity index is 1.99. The highest BCUT2D eigenvalue weighted by atomic mass is 16.5. The number of methoxy groups -OCH3 is 1. The molecule has 70 valence electrons. The number of nitrogens with zero attached hydrogens (tertiary/aromatic N) is 1. The van der Waals surface area contributed by atoms with Gasteiger partial charge in [-0.3, -0.25) is 0 Å². The van der Waals surface area contributed by atoms with Crippen LogP contribution in [0.3, 0.4) is 0 Å². The maximum Gasteiger partial charge on any atom is 0.0920 e. The molecule has 13 heavy (non-hydrogen) atoms. The van der Waals surface area contributed by atoms with Gasteiger partial charge in [-0.25, -0.2) is 0 Å². The molecule has 1 fully saturated rings. The first-order chi connectivity index (χ1) is 6.29. The average molecular weight is 177 g/mol. The standard InChI is InChI=1S/C11H15NO/c1-9-3-5-10(6-4-9)12-7-11(8-12)13-2/h3-6,11H,7-8H2,1-2H3. The molecule has 2 nitrogen and oxygen atoms in total. The lowest BCUT2D eigenvalue weighted by atomic mass is 10.1. The van der Waals surface area contributed by atoms with E-state index < -0.39 is 0 Å². The third-order valence-electron chi connectivity index (χ3n) is 2.58. The number of aryl methyl sites for hydroxylation is 1. The van der Waals surface area contributed by atoms with Crippen molar-refractivity contribution in [2.45, 2.75) is 13.0 Å². The third-order valence-corrected chi connectivity index (χ3v) is 2.58. The smallest absolute Gasteiger partial charge is 0.0920 e. The monoisotopic (exact) mass is 177 g/mol. The number of anilines is 1. The molecule has 0 aromatic heterocycles. The Kier molecular flexibility index (Phi) is 2.23. The van der Waals surface area contributed by atoms with Crippen molar-refractivity contribution >= 4 is 5.69 Å². The summed E-state index contributed by atoms with van der Waals surface area (Å²) in [6.45, 7) is 4.16. The van der Waals surface area contributed by atoms with Crippen molar-refractivity contribution in [3.63, 3.8) is 0 Å². The van der Waals surface area contributed by atoms with E-state index in [1.54, 1.807) is 7.11 Å². The summed E-state index contributed by atoms with van der Waals surface area (Å²) in [4.78, 5) is 2.33. The summed E-state index contributed by atoms with van der Waals surface area (Å²) in [5.41, 5.74) is 2.62. The number of hydrogen-bond acceptors (Lipinski definition) is 2. The van der Waals surface area contributed by atoms with E-state index in [1.165, 1.54) is 11.3 Å². The van der Waals surface area contributed by atoms with Crippen molar-refractivity contribution in [3.05, 3.63) is 29.8 Å². The summed E-state index contributed by atoms with van der Waals surface area (Å²) in [7, 11) is 1.77. The SMILES string of the molecule is COC1CN(c2ccc(C)cc2)C1. The molecule has 1 aromatic carbocycles. The van der Waals surface area contributed by atoms with E-state index in [0.717, 1.165) is 13.1 Å². The largest absolute Gasteiger partial charge is 0.378 e. The van der Waals surface area contributed by atoms with Crippen molar-refractivity contribution in [1.82, 2.24) is 0 Å². The molecule has 2 heteroatoms. The van der Waals surface area contributed by atoms with Crippen LogP contribution in [0.15, 0.2) is 24.3 Å². The van der Waals surface area contributed by atoms with Crippen molar-refractivity contribution < 1.29 is 4.74 Å². The summed E-state index contributed by atoms with van der Waals surface area (Å²) in [6, 6.07) is 8.63. The van der Waals surface area contributed by atoms with E-state index in [4.69, 9.17) is 4.74 Å². The van der Waals surface area contributed by atoms with Crippen LogP contribution in [0.1, 0.15) is 5.56 Å². The molecule has 2 rings (SSSR count). The maximum absolute atomic E-state index is 5.22. The van der Waals surface area contributed by atoms with Crippen molar-refractivity contribution in [2.75, 3.05) is 25.1 Å². The van der Waals surface area contributed by atoms with Gasteiger partial charge in [0, 0.05) is 25.9 Å². The van der Waals surface area contributed by atoms with Crippen LogP contribution in [0, 0.1) is 6.92 Å². The highest BCUT2D eigenvalue weighted by Crippen LogP contribution is 2.21. The summed E-state index contributed by atoms with van der Waals surface area (Å²) in [5, 5.41) is 0. The third kappa shape index (κ3) is 1.68. The zero-order valence-corrected chi connectivity index (χ0v) is 8.16. The van der Waals surface area contributed by atoms with E-state index in [2.05, 4.69) is 36.1 Å². The van der Waals surface area contributed by atoms with Gasteiger partial charge < -0.3 is 9.64 Å². The highest BCUT2D eigenvalue weighted by Gasteiger charge is 2.25. The lowest BCUT2D eigenvalue weighted by molar-refractivity contribution is 0.0788. The molecule has 0 radical (unpaired) electrons. The summed E-state index contributed by atoms with van der Waals surface area (Å²) in [5.74, 6) is 0. The number of ether oxygens (including phenoxy) is 1. The first-order valence-corrected chi connectivity index (χ1v) is 4.64. The Morgan fingerprint density at radius 2 is 1.85 bits per heavy atom. The molecule has 1 heterocycles. The normalized spacial score (nSPS) is 17.2. The van der Waals surface area contributed by atoms with Crippen LogP contribution in [0.5, 0.6) is 0 Å². The van der Waals surface area contributed by atoms with Crippen LogP contribution >= 0.6 is 0 Å². The molecule has 0 spiro atoms. The van der Waals surface area contributed by atoms with Gasteiger partial charge in [0.2, 0.25) is 0 Å². The van der Waals surface area contributed by atoms with Crippen LogP contribution in [-0.4, -0.2) is 26.3 Å². The Morgan fingerprint density at radius 1 is 1.23 bits per heavy atom. The van der Waals surface area contributed by atoms with E-state index in [-0.39, 0.29) is 0 Å². The van der Waals surface area contributed by atoms with Crippen LogP contribution in [0.2, 0.25) is 0 Å². The van der Waals surface area contributed by atoms with E-state index in [1.807, 2.05) is 0 Å². The molecule has 0 bridgehead atoms. The zero-order chi connectivity index (χ0) is 9.26. The molecular weight excluding hydrogens is 162 g/mol.